The molecular weight excluding hydrogens is 262 g/mol. The molecule has 0 unspecified atom stereocenters. The van der Waals surface area contributed by atoms with Crippen LogP contribution in [0.15, 0.2) is 12.2 Å². The lowest BCUT2D eigenvalue weighted by molar-refractivity contribution is 0.303. The summed E-state index contributed by atoms with van der Waals surface area (Å²) in [5.41, 5.74) is 1.98. The molecule has 0 spiro atoms. The van der Waals surface area contributed by atoms with Gasteiger partial charge in [0.2, 0.25) is 5.88 Å². The van der Waals surface area contributed by atoms with Gasteiger partial charge in [0.05, 0.1) is 12.2 Å². The van der Waals surface area contributed by atoms with Gasteiger partial charge in [-0.1, -0.05) is 33.3 Å². The Balaban J connectivity index is 3.05. The predicted molar refractivity (Wildman–Crippen MR) is 89.2 cm³/mol. The summed E-state index contributed by atoms with van der Waals surface area (Å²) in [4.78, 5) is 9.27. The number of hydrogen-bond donors (Lipinski definition) is 1. The highest BCUT2D eigenvalue weighted by atomic mass is 16.5. The molecule has 1 N–H and O–H groups in total. The molecule has 0 saturated heterocycles. The molecule has 0 aliphatic carbocycles. The highest BCUT2D eigenvalue weighted by Gasteiger charge is 2.21. The first-order valence-electron chi connectivity index (χ1n) is 7.65. The van der Waals surface area contributed by atoms with Gasteiger partial charge in [0.15, 0.2) is 0 Å². The van der Waals surface area contributed by atoms with Crippen LogP contribution in [0.5, 0.6) is 5.88 Å². The van der Waals surface area contributed by atoms with Crippen molar-refractivity contribution in [2.45, 2.75) is 59.8 Å². The first-order chi connectivity index (χ1) is 9.75. The minimum Gasteiger partial charge on any atom is -0.477 e. The lowest BCUT2D eigenvalue weighted by Crippen LogP contribution is -2.19. The SMILES string of the molecule is C=C(C)CCOc1nc(C(C)(C)C)nc(NCCC)c1C. The van der Waals surface area contributed by atoms with Crippen LogP contribution >= 0.6 is 0 Å². The van der Waals surface area contributed by atoms with Crippen LogP contribution in [0.3, 0.4) is 0 Å². The van der Waals surface area contributed by atoms with E-state index in [1.807, 2.05) is 13.8 Å². The van der Waals surface area contributed by atoms with E-state index in [-0.39, 0.29) is 5.41 Å². The van der Waals surface area contributed by atoms with E-state index >= 15 is 0 Å². The van der Waals surface area contributed by atoms with Gasteiger partial charge in [-0.15, -0.1) is 6.58 Å². The van der Waals surface area contributed by atoms with Crippen molar-refractivity contribution in [1.82, 2.24) is 9.97 Å². The van der Waals surface area contributed by atoms with Crippen LogP contribution in [0.25, 0.3) is 0 Å². The molecule has 0 aliphatic rings. The third-order valence-electron chi connectivity index (χ3n) is 3.08. The molecule has 0 bridgehead atoms. The van der Waals surface area contributed by atoms with Crippen LogP contribution in [0, 0.1) is 6.92 Å². The fourth-order valence-electron chi connectivity index (χ4n) is 1.71. The second-order valence-electron chi connectivity index (χ2n) is 6.56. The number of aromatic nitrogens is 2. The van der Waals surface area contributed by atoms with Gasteiger partial charge in [0.1, 0.15) is 11.6 Å². The van der Waals surface area contributed by atoms with E-state index in [2.05, 4.69) is 49.6 Å². The molecule has 4 heteroatoms. The van der Waals surface area contributed by atoms with Gasteiger partial charge in [-0.05, 0) is 20.3 Å². The van der Waals surface area contributed by atoms with Crippen molar-refractivity contribution in [2.24, 2.45) is 0 Å². The number of nitrogens with one attached hydrogen (secondary N) is 1. The minimum atomic E-state index is -0.108. The molecular formula is C17H29N3O. The van der Waals surface area contributed by atoms with Gasteiger partial charge in [-0.3, -0.25) is 0 Å². The number of rotatable bonds is 7. The first kappa shape index (κ1) is 17.5. The monoisotopic (exact) mass is 291 g/mol. The lowest BCUT2D eigenvalue weighted by atomic mass is 9.95. The Kier molecular flexibility index (Phi) is 6.19. The van der Waals surface area contributed by atoms with E-state index in [0.29, 0.717) is 12.5 Å². The molecule has 0 amide bonds. The Bertz CT molecular complexity index is 490. The molecule has 1 heterocycles. The average molecular weight is 291 g/mol. The van der Waals surface area contributed by atoms with Crippen molar-refractivity contribution >= 4 is 5.82 Å². The fourth-order valence-corrected chi connectivity index (χ4v) is 1.71. The lowest BCUT2D eigenvalue weighted by Gasteiger charge is -2.21. The summed E-state index contributed by atoms with van der Waals surface area (Å²) in [5.74, 6) is 2.36. The van der Waals surface area contributed by atoms with Crippen LogP contribution in [0.4, 0.5) is 5.82 Å². The van der Waals surface area contributed by atoms with Crippen molar-refractivity contribution in [3.8, 4) is 5.88 Å². The van der Waals surface area contributed by atoms with Crippen LogP contribution in [0.2, 0.25) is 0 Å². The maximum absolute atomic E-state index is 5.85. The standard InChI is InChI=1S/C17H29N3O/c1-8-10-18-14-13(4)15(21-11-9-12(2)3)20-16(19-14)17(5,6)7/h2,8-11H2,1,3-7H3,(H,18,19,20). The van der Waals surface area contributed by atoms with Gasteiger partial charge < -0.3 is 10.1 Å². The largest absolute Gasteiger partial charge is 0.477 e. The molecule has 0 atom stereocenters. The normalized spacial score (nSPS) is 11.3. The molecule has 0 aliphatic heterocycles. The fraction of sp³-hybridized carbons (Fsp3) is 0.647. The molecule has 0 aromatic carbocycles. The Morgan fingerprint density at radius 1 is 1.29 bits per heavy atom. The summed E-state index contributed by atoms with van der Waals surface area (Å²) in [6, 6.07) is 0. The highest BCUT2D eigenvalue weighted by molar-refractivity contribution is 5.49. The van der Waals surface area contributed by atoms with E-state index in [4.69, 9.17) is 4.74 Å². The van der Waals surface area contributed by atoms with Gasteiger partial charge in [-0.25, -0.2) is 4.98 Å². The Morgan fingerprint density at radius 2 is 1.95 bits per heavy atom. The number of anilines is 1. The average Bonchev–Trinajstić information content (AvgIpc) is 2.37. The molecule has 118 valence electrons. The maximum Gasteiger partial charge on any atom is 0.221 e. The van der Waals surface area contributed by atoms with Crippen LogP contribution in [0.1, 0.15) is 58.8 Å². The maximum atomic E-state index is 5.85. The van der Waals surface area contributed by atoms with E-state index in [1.165, 1.54) is 0 Å². The summed E-state index contributed by atoms with van der Waals surface area (Å²) in [6.07, 6.45) is 1.89. The van der Waals surface area contributed by atoms with Crippen molar-refractivity contribution in [1.29, 1.82) is 0 Å². The number of nitrogens with zero attached hydrogens (tertiary/aromatic N) is 2. The molecule has 1 aromatic heterocycles. The molecule has 21 heavy (non-hydrogen) atoms. The number of hydrogen-bond acceptors (Lipinski definition) is 4. The van der Waals surface area contributed by atoms with Crippen molar-refractivity contribution < 1.29 is 4.74 Å². The summed E-state index contributed by atoms with van der Waals surface area (Å²) in [5, 5.41) is 3.37. The van der Waals surface area contributed by atoms with Crippen molar-refractivity contribution in [3.63, 3.8) is 0 Å². The molecule has 4 nitrogen and oxygen atoms in total. The van der Waals surface area contributed by atoms with Crippen molar-refractivity contribution in [2.75, 3.05) is 18.5 Å². The smallest absolute Gasteiger partial charge is 0.221 e. The highest BCUT2D eigenvalue weighted by Crippen LogP contribution is 2.27. The van der Waals surface area contributed by atoms with E-state index in [1.54, 1.807) is 0 Å². The third-order valence-corrected chi connectivity index (χ3v) is 3.08. The quantitative estimate of drug-likeness (QED) is 0.763. The number of ether oxygens (including phenoxy) is 1. The summed E-state index contributed by atoms with van der Waals surface area (Å²) in [6.45, 7) is 17.9. The molecule has 1 rings (SSSR count). The van der Waals surface area contributed by atoms with Crippen LogP contribution in [-0.2, 0) is 5.41 Å². The zero-order valence-corrected chi connectivity index (χ0v) is 14.3. The van der Waals surface area contributed by atoms with E-state index in [0.717, 1.165) is 42.2 Å². The second-order valence-corrected chi connectivity index (χ2v) is 6.56. The van der Waals surface area contributed by atoms with Gasteiger partial charge in [0.25, 0.3) is 0 Å². The Labute approximate surface area is 129 Å². The Hall–Kier alpha value is -1.58. The summed E-state index contributed by atoms with van der Waals surface area (Å²) < 4.78 is 5.85. The zero-order valence-electron chi connectivity index (χ0n) is 14.3. The van der Waals surface area contributed by atoms with Gasteiger partial charge in [-0.2, -0.15) is 4.98 Å². The van der Waals surface area contributed by atoms with Gasteiger partial charge in [0, 0.05) is 18.4 Å². The predicted octanol–water partition coefficient (Wildman–Crippen LogP) is 4.25. The molecule has 0 radical (unpaired) electrons. The Morgan fingerprint density at radius 3 is 2.48 bits per heavy atom. The zero-order chi connectivity index (χ0) is 16.0. The van der Waals surface area contributed by atoms with E-state index < -0.39 is 0 Å². The van der Waals surface area contributed by atoms with Crippen molar-refractivity contribution in [3.05, 3.63) is 23.5 Å². The van der Waals surface area contributed by atoms with Gasteiger partial charge >= 0.3 is 0 Å². The minimum absolute atomic E-state index is 0.108. The molecule has 0 saturated carbocycles. The second kappa shape index (κ2) is 7.43. The summed E-state index contributed by atoms with van der Waals surface area (Å²) >= 11 is 0. The van der Waals surface area contributed by atoms with Crippen LogP contribution in [-0.4, -0.2) is 23.1 Å². The first-order valence-corrected chi connectivity index (χ1v) is 7.65. The molecule has 1 aromatic rings. The third kappa shape index (κ3) is 5.37. The van der Waals surface area contributed by atoms with E-state index in [9.17, 15) is 0 Å². The summed E-state index contributed by atoms with van der Waals surface area (Å²) in [7, 11) is 0. The topological polar surface area (TPSA) is 47.0 Å². The molecule has 0 fully saturated rings. The van der Waals surface area contributed by atoms with Crippen LogP contribution < -0.4 is 10.1 Å².